The fourth-order valence-electron chi connectivity index (χ4n) is 3.33. The average Bonchev–Trinajstić information content (AvgIpc) is 2.59. The van der Waals surface area contributed by atoms with Gasteiger partial charge in [-0.3, -0.25) is 9.69 Å². The van der Waals surface area contributed by atoms with Crippen molar-refractivity contribution in [3.05, 3.63) is 35.6 Å². The highest BCUT2D eigenvalue weighted by Gasteiger charge is 2.24. The number of halogens is 1. The molecular formula is C19H29FN2O. The Bertz CT molecular complexity index is 502. The molecule has 23 heavy (non-hydrogen) atoms. The highest BCUT2D eigenvalue weighted by atomic mass is 19.1. The Morgan fingerprint density at radius 1 is 1.30 bits per heavy atom. The van der Waals surface area contributed by atoms with Crippen molar-refractivity contribution < 1.29 is 9.18 Å². The molecule has 0 aliphatic carbocycles. The first-order valence-electron chi connectivity index (χ1n) is 8.87. The van der Waals surface area contributed by atoms with E-state index in [1.54, 1.807) is 6.07 Å². The van der Waals surface area contributed by atoms with Gasteiger partial charge in [0.25, 0.3) is 0 Å². The van der Waals surface area contributed by atoms with Crippen LogP contribution in [0.15, 0.2) is 24.3 Å². The lowest BCUT2D eigenvalue weighted by molar-refractivity contribution is -0.134. The van der Waals surface area contributed by atoms with E-state index >= 15 is 0 Å². The molecule has 1 atom stereocenters. The Balaban J connectivity index is 1.83. The molecule has 0 N–H and O–H groups in total. The van der Waals surface area contributed by atoms with Crippen LogP contribution in [0, 0.1) is 11.7 Å². The molecule has 2 rings (SSSR count). The van der Waals surface area contributed by atoms with Crippen molar-refractivity contribution in [2.45, 2.75) is 39.5 Å². The molecule has 1 aromatic carbocycles. The number of hydrogen-bond donors (Lipinski definition) is 0. The molecule has 4 heteroatoms. The van der Waals surface area contributed by atoms with Crippen molar-refractivity contribution in [2.75, 3.05) is 32.7 Å². The van der Waals surface area contributed by atoms with Crippen molar-refractivity contribution in [2.24, 2.45) is 5.92 Å². The van der Waals surface area contributed by atoms with Gasteiger partial charge in [-0.15, -0.1) is 0 Å². The van der Waals surface area contributed by atoms with E-state index in [2.05, 4.69) is 18.7 Å². The monoisotopic (exact) mass is 320 g/mol. The highest BCUT2D eigenvalue weighted by molar-refractivity contribution is 5.78. The van der Waals surface area contributed by atoms with E-state index in [0.717, 1.165) is 57.4 Å². The van der Waals surface area contributed by atoms with Crippen LogP contribution in [0.25, 0.3) is 0 Å². The van der Waals surface area contributed by atoms with Gasteiger partial charge in [0.05, 0.1) is 6.54 Å². The zero-order valence-electron chi connectivity index (χ0n) is 14.4. The number of aryl methyl sites for hydroxylation is 1. The van der Waals surface area contributed by atoms with Gasteiger partial charge in [0.15, 0.2) is 0 Å². The Hall–Kier alpha value is -1.42. The molecule has 0 spiro atoms. The molecule has 1 aliphatic heterocycles. The Kier molecular flexibility index (Phi) is 7.03. The van der Waals surface area contributed by atoms with Crippen molar-refractivity contribution in [1.82, 2.24) is 9.80 Å². The summed E-state index contributed by atoms with van der Waals surface area (Å²) in [5.74, 6) is 0.617. The molecule has 3 nitrogen and oxygen atoms in total. The quantitative estimate of drug-likeness (QED) is 0.769. The van der Waals surface area contributed by atoms with Gasteiger partial charge >= 0.3 is 0 Å². The Morgan fingerprint density at radius 2 is 2.04 bits per heavy atom. The van der Waals surface area contributed by atoms with Crippen LogP contribution in [-0.4, -0.2) is 48.4 Å². The lowest BCUT2D eigenvalue weighted by Gasteiger charge is -2.34. The first-order valence-corrected chi connectivity index (χ1v) is 8.87. The van der Waals surface area contributed by atoms with Gasteiger partial charge in [-0.25, -0.2) is 4.39 Å². The molecule has 0 saturated carbocycles. The maximum absolute atomic E-state index is 13.7. The number of benzene rings is 1. The van der Waals surface area contributed by atoms with Crippen LogP contribution in [0.1, 0.15) is 38.7 Å². The van der Waals surface area contributed by atoms with E-state index in [4.69, 9.17) is 0 Å². The second-order valence-corrected chi connectivity index (χ2v) is 6.44. The zero-order valence-corrected chi connectivity index (χ0v) is 14.4. The number of likely N-dealkylation sites (tertiary alicyclic amines) is 1. The third-order valence-electron chi connectivity index (χ3n) is 4.90. The van der Waals surface area contributed by atoms with Gasteiger partial charge in [-0.1, -0.05) is 32.0 Å². The molecule has 1 fully saturated rings. The van der Waals surface area contributed by atoms with Gasteiger partial charge in [0.2, 0.25) is 5.91 Å². The third-order valence-corrected chi connectivity index (χ3v) is 4.90. The zero-order chi connectivity index (χ0) is 16.7. The number of piperidine rings is 1. The number of hydrogen-bond acceptors (Lipinski definition) is 2. The maximum atomic E-state index is 13.7. The molecule has 0 radical (unpaired) electrons. The van der Waals surface area contributed by atoms with Gasteiger partial charge in [0, 0.05) is 13.1 Å². The first kappa shape index (κ1) is 17.9. The minimum atomic E-state index is -0.113. The minimum Gasteiger partial charge on any atom is -0.341 e. The fourth-order valence-corrected chi connectivity index (χ4v) is 3.33. The summed E-state index contributed by atoms with van der Waals surface area (Å²) < 4.78 is 13.7. The SMILES string of the molecule is CCN(CC)CC(=O)N1CCC[C@H](CCc2ccccc2F)C1. The maximum Gasteiger partial charge on any atom is 0.236 e. The average molecular weight is 320 g/mol. The molecule has 0 bridgehead atoms. The van der Waals surface area contributed by atoms with Crippen LogP contribution in [0.5, 0.6) is 0 Å². The van der Waals surface area contributed by atoms with E-state index < -0.39 is 0 Å². The van der Waals surface area contributed by atoms with Crippen molar-refractivity contribution in [1.29, 1.82) is 0 Å². The normalized spacial score (nSPS) is 18.4. The molecule has 1 aromatic rings. The lowest BCUT2D eigenvalue weighted by Crippen LogP contribution is -2.45. The summed E-state index contributed by atoms with van der Waals surface area (Å²) in [6.07, 6.45) is 3.92. The first-order chi connectivity index (χ1) is 11.1. The van der Waals surface area contributed by atoms with Crippen LogP contribution < -0.4 is 0 Å². The van der Waals surface area contributed by atoms with Gasteiger partial charge in [0.1, 0.15) is 5.82 Å². The van der Waals surface area contributed by atoms with Crippen LogP contribution in [-0.2, 0) is 11.2 Å². The van der Waals surface area contributed by atoms with Crippen LogP contribution >= 0.6 is 0 Å². The summed E-state index contributed by atoms with van der Waals surface area (Å²) in [7, 11) is 0. The number of carbonyl (C=O) groups excluding carboxylic acids is 1. The summed E-state index contributed by atoms with van der Waals surface area (Å²) in [5, 5.41) is 0. The van der Waals surface area contributed by atoms with E-state index in [-0.39, 0.29) is 11.7 Å². The highest BCUT2D eigenvalue weighted by Crippen LogP contribution is 2.22. The predicted molar refractivity (Wildman–Crippen MR) is 91.8 cm³/mol. The number of nitrogens with zero attached hydrogens (tertiary/aromatic N) is 2. The standard InChI is InChI=1S/C19H29FN2O/c1-3-21(4-2)15-19(23)22-13-7-8-16(14-22)11-12-17-9-5-6-10-18(17)20/h5-6,9-10,16H,3-4,7-8,11-15H2,1-2H3/t16-/m1/s1. The molecule has 1 saturated heterocycles. The minimum absolute atomic E-state index is 0.113. The molecule has 1 aliphatic rings. The molecular weight excluding hydrogens is 291 g/mol. The number of carbonyl (C=O) groups is 1. The molecule has 0 aromatic heterocycles. The van der Waals surface area contributed by atoms with E-state index in [1.807, 2.05) is 17.0 Å². The van der Waals surface area contributed by atoms with Crippen molar-refractivity contribution in [3.63, 3.8) is 0 Å². The summed E-state index contributed by atoms with van der Waals surface area (Å²) >= 11 is 0. The number of rotatable bonds is 7. The molecule has 1 heterocycles. The third kappa shape index (κ3) is 5.31. The predicted octanol–water partition coefficient (Wildman–Crippen LogP) is 3.34. The summed E-state index contributed by atoms with van der Waals surface area (Å²) in [6.45, 7) is 8.21. The van der Waals surface area contributed by atoms with Crippen LogP contribution in [0.3, 0.4) is 0 Å². The van der Waals surface area contributed by atoms with Crippen LogP contribution in [0.4, 0.5) is 4.39 Å². The van der Waals surface area contributed by atoms with Crippen molar-refractivity contribution in [3.8, 4) is 0 Å². The molecule has 0 unspecified atom stereocenters. The van der Waals surface area contributed by atoms with Gasteiger partial charge < -0.3 is 4.90 Å². The number of likely N-dealkylation sites (N-methyl/N-ethyl adjacent to an activating group) is 1. The summed E-state index contributed by atoms with van der Waals surface area (Å²) in [5.41, 5.74) is 0.791. The molecule has 1 amide bonds. The summed E-state index contributed by atoms with van der Waals surface area (Å²) in [6, 6.07) is 7.00. The second-order valence-electron chi connectivity index (χ2n) is 6.44. The smallest absolute Gasteiger partial charge is 0.236 e. The molecule has 128 valence electrons. The van der Waals surface area contributed by atoms with E-state index in [1.165, 1.54) is 6.07 Å². The van der Waals surface area contributed by atoms with E-state index in [0.29, 0.717) is 12.5 Å². The lowest BCUT2D eigenvalue weighted by atomic mass is 9.91. The topological polar surface area (TPSA) is 23.6 Å². The van der Waals surface area contributed by atoms with Crippen molar-refractivity contribution >= 4 is 5.91 Å². The van der Waals surface area contributed by atoms with Crippen LogP contribution in [0.2, 0.25) is 0 Å². The Labute approximate surface area is 139 Å². The van der Waals surface area contributed by atoms with Gasteiger partial charge in [-0.2, -0.15) is 0 Å². The fraction of sp³-hybridized carbons (Fsp3) is 0.632. The Morgan fingerprint density at radius 3 is 2.74 bits per heavy atom. The largest absolute Gasteiger partial charge is 0.341 e. The van der Waals surface area contributed by atoms with E-state index in [9.17, 15) is 9.18 Å². The second kappa shape index (κ2) is 9.02. The summed E-state index contributed by atoms with van der Waals surface area (Å²) in [4.78, 5) is 16.6. The van der Waals surface area contributed by atoms with Gasteiger partial charge in [-0.05, 0) is 56.3 Å². The number of amides is 1.